The van der Waals surface area contributed by atoms with Crippen molar-refractivity contribution < 1.29 is 4.79 Å². The normalized spacial score (nSPS) is 21.3. The van der Waals surface area contributed by atoms with Gasteiger partial charge in [-0.15, -0.1) is 0 Å². The third kappa shape index (κ3) is 2.57. The van der Waals surface area contributed by atoms with Crippen LogP contribution in [-0.4, -0.2) is 48.4 Å². The second kappa shape index (κ2) is 5.36. The van der Waals surface area contributed by atoms with Gasteiger partial charge in [-0.2, -0.15) is 0 Å². The van der Waals surface area contributed by atoms with Crippen LogP contribution in [0.1, 0.15) is 35.6 Å². The molecule has 0 N–H and O–H groups in total. The number of rotatable bonds is 3. The van der Waals surface area contributed by atoms with E-state index in [1.54, 1.807) is 6.92 Å². The minimum Gasteiger partial charge on any atom is -0.345 e. The lowest BCUT2D eigenvalue weighted by Gasteiger charge is -2.39. The fraction of sp³-hybridized carbons (Fsp3) is 0.692. The van der Waals surface area contributed by atoms with E-state index in [-0.39, 0.29) is 5.78 Å². The van der Waals surface area contributed by atoms with E-state index >= 15 is 0 Å². The summed E-state index contributed by atoms with van der Waals surface area (Å²) in [6.07, 6.45) is 1.15. The Kier molecular flexibility index (Phi) is 4.02. The van der Waals surface area contributed by atoms with Crippen LogP contribution in [0.2, 0.25) is 0 Å². The van der Waals surface area contributed by atoms with Crippen LogP contribution in [0.4, 0.5) is 5.13 Å². The smallest absolute Gasteiger partial charge is 0.186 e. The zero-order chi connectivity index (χ0) is 13.3. The number of carbonyl (C=O) groups is 1. The number of nitrogens with zero attached hydrogens (tertiary/aromatic N) is 3. The molecule has 1 aliphatic rings. The highest BCUT2D eigenvalue weighted by Crippen LogP contribution is 2.28. The molecule has 0 bridgehead atoms. The highest BCUT2D eigenvalue weighted by molar-refractivity contribution is 7.17. The Morgan fingerprint density at radius 1 is 1.50 bits per heavy atom. The van der Waals surface area contributed by atoms with Gasteiger partial charge in [0.2, 0.25) is 0 Å². The summed E-state index contributed by atoms with van der Waals surface area (Å²) in [6, 6.07) is 0.587. The summed E-state index contributed by atoms with van der Waals surface area (Å²) < 4.78 is 0. The predicted octanol–water partition coefficient (Wildman–Crippen LogP) is 2.18. The van der Waals surface area contributed by atoms with E-state index in [2.05, 4.69) is 28.8 Å². The lowest BCUT2D eigenvalue weighted by molar-refractivity contribution is 0.102. The number of Topliss-reactive ketones (excluding diaryl/α,β-unsaturated/α-hetero) is 1. The van der Waals surface area contributed by atoms with E-state index in [9.17, 15) is 4.79 Å². The fourth-order valence-electron chi connectivity index (χ4n) is 2.40. The maximum absolute atomic E-state index is 11.5. The molecule has 1 saturated heterocycles. The minimum atomic E-state index is 0.123. The first-order valence-electron chi connectivity index (χ1n) is 6.46. The van der Waals surface area contributed by atoms with Crippen molar-refractivity contribution in [1.29, 1.82) is 0 Å². The van der Waals surface area contributed by atoms with E-state index in [0.717, 1.165) is 41.8 Å². The number of hydrogen-bond donors (Lipinski definition) is 0. The number of thiazole rings is 1. The van der Waals surface area contributed by atoms with Crippen molar-refractivity contribution in [2.75, 3.05) is 31.6 Å². The van der Waals surface area contributed by atoms with Crippen LogP contribution >= 0.6 is 11.3 Å². The zero-order valence-electron chi connectivity index (χ0n) is 11.6. The Bertz CT molecular complexity index is 443. The Balaban J connectivity index is 2.17. The fourth-order valence-corrected chi connectivity index (χ4v) is 3.40. The molecule has 0 amide bonds. The average Bonchev–Trinajstić information content (AvgIpc) is 2.72. The van der Waals surface area contributed by atoms with Gasteiger partial charge < -0.3 is 4.90 Å². The third-order valence-corrected chi connectivity index (χ3v) is 4.94. The quantitative estimate of drug-likeness (QED) is 0.787. The molecule has 18 heavy (non-hydrogen) atoms. The summed E-state index contributed by atoms with van der Waals surface area (Å²) in [5.74, 6) is 0.123. The van der Waals surface area contributed by atoms with Crippen molar-refractivity contribution in [1.82, 2.24) is 9.88 Å². The van der Waals surface area contributed by atoms with E-state index in [1.165, 1.54) is 11.3 Å². The average molecular weight is 267 g/mol. The Hall–Kier alpha value is -0.940. The highest BCUT2D eigenvalue weighted by atomic mass is 32.1. The van der Waals surface area contributed by atoms with Crippen LogP contribution in [0.25, 0.3) is 0 Å². The Morgan fingerprint density at radius 3 is 2.78 bits per heavy atom. The number of piperazine rings is 1. The van der Waals surface area contributed by atoms with Gasteiger partial charge in [0.15, 0.2) is 10.9 Å². The second-order valence-electron chi connectivity index (χ2n) is 4.96. The van der Waals surface area contributed by atoms with Gasteiger partial charge in [0.25, 0.3) is 0 Å². The molecule has 0 spiro atoms. The maximum Gasteiger partial charge on any atom is 0.186 e. The van der Waals surface area contributed by atoms with Gasteiger partial charge in [-0.1, -0.05) is 18.3 Å². The molecule has 1 unspecified atom stereocenters. The molecule has 1 aromatic rings. The first kappa shape index (κ1) is 13.5. The number of carbonyl (C=O) groups excluding carboxylic acids is 1. The SMILES string of the molecule is CCC1CN(c2nc(C)c(C(C)=O)s2)CCN1C. The molecule has 1 atom stereocenters. The summed E-state index contributed by atoms with van der Waals surface area (Å²) in [4.78, 5) is 21.6. The molecule has 2 rings (SSSR count). The molecular formula is C13H21N3OS. The highest BCUT2D eigenvalue weighted by Gasteiger charge is 2.25. The molecular weight excluding hydrogens is 246 g/mol. The van der Waals surface area contributed by atoms with Gasteiger partial charge in [0.05, 0.1) is 10.6 Å². The summed E-state index contributed by atoms with van der Waals surface area (Å²) in [6.45, 7) is 8.83. The van der Waals surface area contributed by atoms with E-state index in [4.69, 9.17) is 0 Å². The van der Waals surface area contributed by atoms with Crippen LogP contribution in [-0.2, 0) is 0 Å². The minimum absolute atomic E-state index is 0.123. The maximum atomic E-state index is 11.5. The second-order valence-corrected chi connectivity index (χ2v) is 5.93. The predicted molar refractivity (Wildman–Crippen MR) is 75.8 cm³/mol. The summed E-state index contributed by atoms with van der Waals surface area (Å²) in [5.41, 5.74) is 0.870. The molecule has 100 valence electrons. The van der Waals surface area contributed by atoms with Crippen molar-refractivity contribution in [3.63, 3.8) is 0 Å². The Labute approximate surface area is 113 Å². The van der Waals surface area contributed by atoms with Crippen molar-refractivity contribution >= 4 is 22.3 Å². The van der Waals surface area contributed by atoms with Crippen LogP contribution in [0.5, 0.6) is 0 Å². The molecule has 0 radical (unpaired) electrons. The summed E-state index contributed by atoms with van der Waals surface area (Å²) in [5, 5.41) is 1.00. The summed E-state index contributed by atoms with van der Waals surface area (Å²) in [7, 11) is 2.18. The van der Waals surface area contributed by atoms with Gasteiger partial charge in [-0.05, 0) is 20.4 Å². The monoisotopic (exact) mass is 267 g/mol. The lowest BCUT2D eigenvalue weighted by atomic mass is 10.1. The molecule has 1 aliphatic heterocycles. The Morgan fingerprint density at radius 2 is 2.22 bits per heavy atom. The molecule has 0 aliphatic carbocycles. The molecule has 1 fully saturated rings. The van der Waals surface area contributed by atoms with Gasteiger partial charge >= 0.3 is 0 Å². The van der Waals surface area contributed by atoms with E-state index < -0.39 is 0 Å². The zero-order valence-corrected chi connectivity index (χ0v) is 12.4. The molecule has 0 saturated carbocycles. The number of likely N-dealkylation sites (N-methyl/N-ethyl adjacent to an activating group) is 1. The van der Waals surface area contributed by atoms with Crippen molar-refractivity contribution in [3.05, 3.63) is 10.6 Å². The number of aromatic nitrogens is 1. The van der Waals surface area contributed by atoms with E-state index in [1.807, 2.05) is 6.92 Å². The molecule has 2 heterocycles. The van der Waals surface area contributed by atoms with Crippen LogP contribution in [0.3, 0.4) is 0 Å². The number of aryl methyl sites for hydroxylation is 1. The van der Waals surface area contributed by atoms with E-state index in [0.29, 0.717) is 6.04 Å². The third-order valence-electron chi connectivity index (χ3n) is 3.62. The van der Waals surface area contributed by atoms with Gasteiger partial charge in [-0.3, -0.25) is 9.69 Å². The van der Waals surface area contributed by atoms with Crippen molar-refractivity contribution in [2.24, 2.45) is 0 Å². The van der Waals surface area contributed by atoms with Crippen molar-refractivity contribution in [2.45, 2.75) is 33.2 Å². The van der Waals surface area contributed by atoms with Crippen LogP contribution in [0, 0.1) is 6.92 Å². The molecule has 5 heteroatoms. The summed E-state index contributed by atoms with van der Waals surface area (Å²) >= 11 is 1.53. The number of ketones is 1. The van der Waals surface area contributed by atoms with Gasteiger partial charge in [0, 0.05) is 32.6 Å². The van der Waals surface area contributed by atoms with Crippen molar-refractivity contribution in [3.8, 4) is 0 Å². The lowest BCUT2D eigenvalue weighted by Crippen LogP contribution is -2.51. The largest absolute Gasteiger partial charge is 0.345 e. The van der Waals surface area contributed by atoms with Crippen LogP contribution < -0.4 is 4.90 Å². The standard InChI is InChI=1S/C13H21N3OS/c1-5-11-8-16(7-6-15(11)4)13-14-9(2)12(18-13)10(3)17/h11H,5-8H2,1-4H3. The molecule has 1 aromatic heterocycles. The van der Waals surface area contributed by atoms with Gasteiger partial charge in [-0.25, -0.2) is 4.98 Å². The number of hydrogen-bond acceptors (Lipinski definition) is 5. The first-order valence-corrected chi connectivity index (χ1v) is 7.28. The molecule has 4 nitrogen and oxygen atoms in total. The van der Waals surface area contributed by atoms with Crippen LogP contribution in [0.15, 0.2) is 0 Å². The molecule has 0 aromatic carbocycles. The number of anilines is 1. The van der Waals surface area contributed by atoms with Gasteiger partial charge in [0.1, 0.15) is 0 Å². The topological polar surface area (TPSA) is 36.4 Å². The first-order chi connectivity index (χ1) is 8.52.